The van der Waals surface area contributed by atoms with Crippen LogP contribution in [0.5, 0.6) is 5.75 Å². The monoisotopic (exact) mass is 343 g/mol. The van der Waals surface area contributed by atoms with Gasteiger partial charge in [-0.2, -0.15) is 0 Å². The van der Waals surface area contributed by atoms with Crippen molar-refractivity contribution >= 4 is 27.8 Å². The van der Waals surface area contributed by atoms with Crippen molar-refractivity contribution in [3.8, 4) is 5.75 Å². The van der Waals surface area contributed by atoms with Gasteiger partial charge in [0.15, 0.2) is 6.61 Å². The van der Waals surface area contributed by atoms with Crippen LogP contribution in [-0.2, 0) is 14.3 Å². The Kier molecular flexibility index (Phi) is 6.51. The maximum absolute atomic E-state index is 11.7. The third kappa shape index (κ3) is 5.21. The molecule has 6 heteroatoms. The van der Waals surface area contributed by atoms with E-state index in [0.717, 1.165) is 10.0 Å². The van der Waals surface area contributed by atoms with Gasteiger partial charge in [0.25, 0.3) is 5.91 Å². The molecular weight excluding hydrogens is 326 g/mol. The maximum Gasteiger partial charge on any atom is 0.328 e. The molecule has 0 aromatic heterocycles. The summed E-state index contributed by atoms with van der Waals surface area (Å²) < 4.78 is 11.0. The first kappa shape index (κ1) is 16.5. The largest absolute Gasteiger partial charge is 0.483 e. The number of hydrogen-bond donors (Lipinski definition) is 1. The summed E-state index contributed by atoms with van der Waals surface area (Å²) in [5.41, 5.74) is 1.09. The number of rotatable bonds is 6. The van der Waals surface area contributed by atoms with E-state index < -0.39 is 12.0 Å². The van der Waals surface area contributed by atoms with Crippen LogP contribution in [0.15, 0.2) is 22.7 Å². The fourth-order valence-corrected chi connectivity index (χ4v) is 2.08. The van der Waals surface area contributed by atoms with Gasteiger partial charge in [-0.25, -0.2) is 4.79 Å². The average Bonchev–Trinajstić information content (AvgIpc) is 2.37. The van der Waals surface area contributed by atoms with E-state index in [0.29, 0.717) is 5.75 Å². The van der Waals surface area contributed by atoms with Crippen molar-refractivity contribution in [2.24, 2.45) is 0 Å². The molecule has 1 rings (SSSR count). The van der Waals surface area contributed by atoms with E-state index in [4.69, 9.17) is 9.47 Å². The Morgan fingerprint density at radius 1 is 1.40 bits per heavy atom. The molecule has 20 heavy (non-hydrogen) atoms. The molecule has 0 fully saturated rings. The van der Waals surface area contributed by atoms with Gasteiger partial charge in [-0.15, -0.1) is 0 Å². The second-order valence-electron chi connectivity index (χ2n) is 4.26. The molecule has 1 N–H and O–H groups in total. The number of carbonyl (C=O) groups excluding carboxylic acids is 2. The lowest BCUT2D eigenvalue weighted by Crippen LogP contribution is -2.41. The second kappa shape index (κ2) is 7.89. The molecule has 1 amide bonds. The van der Waals surface area contributed by atoms with E-state index in [1.54, 1.807) is 19.9 Å². The number of nitrogens with one attached hydrogen (secondary N) is 1. The molecule has 0 spiro atoms. The smallest absolute Gasteiger partial charge is 0.328 e. The van der Waals surface area contributed by atoms with E-state index in [1.165, 1.54) is 0 Å². The van der Waals surface area contributed by atoms with Gasteiger partial charge in [0.1, 0.15) is 11.8 Å². The van der Waals surface area contributed by atoms with Crippen LogP contribution in [0.3, 0.4) is 0 Å². The molecule has 1 atom stereocenters. The number of esters is 1. The molecule has 1 unspecified atom stereocenters. The number of aryl methyl sites for hydroxylation is 1. The van der Waals surface area contributed by atoms with Crippen molar-refractivity contribution in [3.05, 3.63) is 28.2 Å². The summed E-state index contributed by atoms with van der Waals surface area (Å²) in [5, 5.41) is 2.51. The highest BCUT2D eigenvalue weighted by Crippen LogP contribution is 2.25. The Hall–Kier alpha value is -1.56. The van der Waals surface area contributed by atoms with Crippen LogP contribution in [0.2, 0.25) is 0 Å². The van der Waals surface area contributed by atoms with Crippen LogP contribution in [-0.4, -0.2) is 31.1 Å². The Bertz CT molecular complexity index is 490. The summed E-state index contributed by atoms with van der Waals surface area (Å²) in [4.78, 5) is 23.0. The van der Waals surface area contributed by atoms with Crippen LogP contribution in [0.4, 0.5) is 0 Å². The van der Waals surface area contributed by atoms with E-state index >= 15 is 0 Å². The van der Waals surface area contributed by atoms with Crippen LogP contribution >= 0.6 is 15.9 Å². The minimum Gasteiger partial charge on any atom is -0.483 e. The molecule has 110 valence electrons. The molecule has 5 nitrogen and oxygen atoms in total. The summed E-state index contributed by atoms with van der Waals surface area (Å²) in [6.45, 7) is 5.36. The molecule has 0 saturated carbocycles. The molecule has 0 bridgehead atoms. The van der Waals surface area contributed by atoms with Gasteiger partial charge in [-0.05, 0) is 54.4 Å². The quantitative estimate of drug-likeness (QED) is 0.804. The lowest BCUT2D eigenvalue weighted by molar-refractivity contribution is -0.147. The topological polar surface area (TPSA) is 64.6 Å². The summed E-state index contributed by atoms with van der Waals surface area (Å²) >= 11 is 3.36. The first-order valence-electron chi connectivity index (χ1n) is 6.29. The van der Waals surface area contributed by atoms with E-state index in [1.807, 2.05) is 19.1 Å². The highest BCUT2D eigenvalue weighted by Gasteiger charge is 2.16. The SMILES string of the molecule is CCOC(=O)C(C)NC(=O)COc1ccc(C)cc1Br. The lowest BCUT2D eigenvalue weighted by atomic mass is 10.2. The van der Waals surface area contributed by atoms with Crippen molar-refractivity contribution in [3.63, 3.8) is 0 Å². The van der Waals surface area contributed by atoms with Crippen LogP contribution in [0.1, 0.15) is 19.4 Å². The standard InChI is InChI=1S/C14H18BrNO4/c1-4-19-14(18)10(3)16-13(17)8-20-12-6-5-9(2)7-11(12)15/h5-7,10H,4,8H2,1-3H3,(H,16,17). The van der Waals surface area contributed by atoms with Crippen molar-refractivity contribution in [1.82, 2.24) is 5.32 Å². The van der Waals surface area contributed by atoms with E-state index in [9.17, 15) is 9.59 Å². The number of hydrogen-bond acceptors (Lipinski definition) is 4. The molecule has 0 heterocycles. The number of carbonyl (C=O) groups is 2. The minimum atomic E-state index is -0.687. The highest BCUT2D eigenvalue weighted by molar-refractivity contribution is 9.10. The average molecular weight is 344 g/mol. The maximum atomic E-state index is 11.7. The summed E-state index contributed by atoms with van der Waals surface area (Å²) in [7, 11) is 0. The number of ether oxygens (including phenoxy) is 2. The Labute approximate surface area is 126 Å². The lowest BCUT2D eigenvalue weighted by Gasteiger charge is -2.13. The Morgan fingerprint density at radius 2 is 2.10 bits per heavy atom. The summed E-state index contributed by atoms with van der Waals surface area (Å²) in [6.07, 6.45) is 0. The van der Waals surface area contributed by atoms with Gasteiger partial charge in [-0.3, -0.25) is 4.79 Å². The Morgan fingerprint density at radius 3 is 2.70 bits per heavy atom. The van der Waals surface area contributed by atoms with Crippen molar-refractivity contribution < 1.29 is 19.1 Å². The second-order valence-corrected chi connectivity index (χ2v) is 5.12. The molecule has 0 saturated heterocycles. The fraction of sp³-hybridized carbons (Fsp3) is 0.429. The van der Waals surface area contributed by atoms with E-state index in [-0.39, 0.29) is 19.1 Å². The molecule has 0 radical (unpaired) electrons. The van der Waals surface area contributed by atoms with Crippen LogP contribution in [0, 0.1) is 6.92 Å². The Balaban J connectivity index is 2.45. The van der Waals surface area contributed by atoms with Gasteiger partial charge in [-0.1, -0.05) is 6.07 Å². The van der Waals surface area contributed by atoms with Gasteiger partial charge < -0.3 is 14.8 Å². The summed E-state index contributed by atoms with van der Waals surface area (Å²) in [6, 6.07) is 4.88. The zero-order valence-corrected chi connectivity index (χ0v) is 13.3. The molecular formula is C14H18BrNO4. The molecule has 1 aromatic carbocycles. The predicted octanol–water partition coefficient (Wildman–Crippen LogP) is 2.20. The van der Waals surface area contributed by atoms with Crippen molar-refractivity contribution in [2.75, 3.05) is 13.2 Å². The first-order valence-corrected chi connectivity index (χ1v) is 7.08. The van der Waals surface area contributed by atoms with Crippen molar-refractivity contribution in [1.29, 1.82) is 0 Å². The van der Waals surface area contributed by atoms with Crippen LogP contribution in [0.25, 0.3) is 0 Å². The van der Waals surface area contributed by atoms with E-state index in [2.05, 4.69) is 21.2 Å². The number of amides is 1. The molecule has 0 aliphatic carbocycles. The minimum absolute atomic E-state index is 0.161. The fourth-order valence-electron chi connectivity index (χ4n) is 1.48. The normalized spacial score (nSPS) is 11.6. The van der Waals surface area contributed by atoms with Gasteiger partial charge in [0.05, 0.1) is 11.1 Å². The van der Waals surface area contributed by atoms with Gasteiger partial charge >= 0.3 is 5.97 Å². The van der Waals surface area contributed by atoms with Gasteiger partial charge in [0, 0.05) is 0 Å². The van der Waals surface area contributed by atoms with Crippen LogP contribution < -0.4 is 10.1 Å². The zero-order chi connectivity index (χ0) is 15.1. The number of halogens is 1. The molecule has 1 aromatic rings. The zero-order valence-electron chi connectivity index (χ0n) is 11.7. The molecule has 0 aliphatic rings. The first-order chi connectivity index (χ1) is 9.43. The number of benzene rings is 1. The highest BCUT2D eigenvalue weighted by atomic mass is 79.9. The third-order valence-corrected chi connectivity index (χ3v) is 3.08. The third-order valence-electron chi connectivity index (χ3n) is 2.46. The summed E-state index contributed by atoms with van der Waals surface area (Å²) in [5.74, 6) is -0.259. The van der Waals surface area contributed by atoms with Crippen molar-refractivity contribution in [2.45, 2.75) is 26.8 Å². The molecule has 0 aliphatic heterocycles. The predicted molar refractivity (Wildman–Crippen MR) is 78.6 cm³/mol. The van der Waals surface area contributed by atoms with Gasteiger partial charge in [0.2, 0.25) is 0 Å².